The molecule has 1 saturated heterocycles. The van der Waals surface area contributed by atoms with Crippen molar-refractivity contribution in [2.75, 3.05) is 31.6 Å². The van der Waals surface area contributed by atoms with Gasteiger partial charge in [-0.15, -0.1) is 0 Å². The van der Waals surface area contributed by atoms with E-state index in [0.29, 0.717) is 11.4 Å². The largest absolute Gasteiger partial charge is 0.462 e. The Balaban J connectivity index is 1.53. The Hall–Kier alpha value is -4.48. The predicted molar refractivity (Wildman–Crippen MR) is 141 cm³/mol. The summed E-state index contributed by atoms with van der Waals surface area (Å²) in [5.41, 5.74) is 0.204. The van der Waals surface area contributed by atoms with E-state index in [4.69, 9.17) is 4.74 Å². The number of alkyl halides is 3. The zero-order chi connectivity index (χ0) is 29.0. The first-order chi connectivity index (χ1) is 19.0. The lowest BCUT2D eigenvalue weighted by atomic mass is 10.0. The summed E-state index contributed by atoms with van der Waals surface area (Å²) in [6.45, 7) is 5.58. The van der Waals surface area contributed by atoms with Gasteiger partial charge in [-0.25, -0.2) is 19.6 Å². The predicted octanol–water partition coefficient (Wildman–Crippen LogP) is 5.03. The van der Waals surface area contributed by atoms with Crippen molar-refractivity contribution in [3.63, 3.8) is 0 Å². The molecule has 3 aromatic rings. The van der Waals surface area contributed by atoms with Crippen molar-refractivity contribution in [1.29, 1.82) is 0 Å². The third kappa shape index (κ3) is 6.22. The molecule has 1 aromatic heterocycles. The third-order valence-electron chi connectivity index (χ3n) is 6.39. The Labute approximate surface area is 229 Å². The molecule has 1 N–H and O–H groups in total. The molecule has 1 aliphatic rings. The number of urea groups is 1. The van der Waals surface area contributed by atoms with Gasteiger partial charge in [0.1, 0.15) is 17.1 Å². The number of rotatable bonds is 5. The van der Waals surface area contributed by atoms with Gasteiger partial charge in [0, 0.05) is 36.9 Å². The highest BCUT2D eigenvalue weighted by Gasteiger charge is 2.35. The van der Waals surface area contributed by atoms with Gasteiger partial charge in [0.25, 0.3) is 5.91 Å². The number of ether oxygens (including phenoxy) is 1. The SMILES string of the molecule is CCOC(=O)c1c(C(=O)N2CCN(C(=O)Nc3ccc(C(F)(F)F)cc3)C(C)C2)nc(C)nc1-c1ccccc1. The van der Waals surface area contributed by atoms with Crippen LogP contribution in [-0.2, 0) is 10.9 Å². The Morgan fingerprint density at radius 1 is 1.02 bits per heavy atom. The van der Waals surface area contributed by atoms with Crippen molar-refractivity contribution >= 4 is 23.6 Å². The van der Waals surface area contributed by atoms with E-state index in [2.05, 4.69) is 15.3 Å². The van der Waals surface area contributed by atoms with Crippen molar-refractivity contribution in [2.24, 2.45) is 0 Å². The minimum atomic E-state index is -4.48. The smallest absolute Gasteiger partial charge is 0.416 e. The van der Waals surface area contributed by atoms with E-state index in [1.165, 1.54) is 21.9 Å². The molecule has 2 heterocycles. The molecule has 0 radical (unpaired) electrons. The summed E-state index contributed by atoms with van der Waals surface area (Å²) in [6.07, 6.45) is -4.48. The normalized spacial score (nSPS) is 15.5. The number of halogens is 3. The molecule has 4 rings (SSSR count). The molecule has 2 aromatic carbocycles. The van der Waals surface area contributed by atoms with Crippen molar-refractivity contribution < 1.29 is 32.3 Å². The summed E-state index contributed by atoms with van der Waals surface area (Å²) in [6, 6.07) is 12.2. The lowest BCUT2D eigenvalue weighted by molar-refractivity contribution is -0.137. The minimum absolute atomic E-state index is 0.0289. The Bertz CT molecular complexity index is 1400. The van der Waals surface area contributed by atoms with Crippen molar-refractivity contribution in [3.05, 3.63) is 77.2 Å². The van der Waals surface area contributed by atoms with Gasteiger partial charge in [0.05, 0.1) is 17.9 Å². The summed E-state index contributed by atoms with van der Waals surface area (Å²) < 4.78 is 43.7. The number of nitrogens with zero attached hydrogens (tertiary/aromatic N) is 4. The molecule has 40 heavy (non-hydrogen) atoms. The summed E-state index contributed by atoms with van der Waals surface area (Å²) >= 11 is 0. The number of piperazine rings is 1. The standard InChI is InChI=1S/C28H28F3N5O4/c1-4-40-26(38)22-23(19-8-6-5-7-9-19)32-18(3)33-24(22)25(37)35-14-15-36(17(2)16-35)27(39)34-21-12-10-20(11-13-21)28(29,30)31/h5-13,17H,4,14-16H2,1-3H3,(H,34,39). The fourth-order valence-corrected chi connectivity index (χ4v) is 4.46. The fraction of sp³-hybridized carbons (Fsp3) is 0.321. The van der Waals surface area contributed by atoms with Crippen LogP contribution >= 0.6 is 0 Å². The molecule has 1 fully saturated rings. The first kappa shape index (κ1) is 28.5. The Morgan fingerprint density at radius 3 is 2.30 bits per heavy atom. The quantitative estimate of drug-likeness (QED) is 0.443. The number of nitrogens with one attached hydrogen (secondary N) is 1. The van der Waals surface area contributed by atoms with Crippen molar-refractivity contribution in [2.45, 2.75) is 33.0 Å². The van der Waals surface area contributed by atoms with Gasteiger partial charge in [-0.05, 0) is 45.0 Å². The monoisotopic (exact) mass is 555 g/mol. The molecule has 1 unspecified atom stereocenters. The molecule has 0 aliphatic carbocycles. The van der Waals surface area contributed by atoms with E-state index in [1.807, 2.05) is 6.07 Å². The maximum atomic E-state index is 13.7. The van der Waals surface area contributed by atoms with Gasteiger partial charge < -0.3 is 19.9 Å². The van der Waals surface area contributed by atoms with Gasteiger partial charge in [0.2, 0.25) is 0 Å². The second-order valence-electron chi connectivity index (χ2n) is 9.23. The van der Waals surface area contributed by atoms with Crippen molar-refractivity contribution in [3.8, 4) is 11.3 Å². The fourth-order valence-electron chi connectivity index (χ4n) is 4.46. The number of amides is 3. The summed E-state index contributed by atoms with van der Waals surface area (Å²) in [7, 11) is 0. The average molecular weight is 556 g/mol. The topological polar surface area (TPSA) is 105 Å². The van der Waals surface area contributed by atoms with E-state index in [9.17, 15) is 27.6 Å². The molecule has 0 bridgehead atoms. The average Bonchev–Trinajstić information content (AvgIpc) is 2.92. The first-order valence-electron chi connectivity index (χ1n) is 12.6. The van der Waals surface area contributed by atoms with Gasteiger partial charge in [0.15, 0.2) is 0 Å². The molecule has 9 nitrogen and oxygen atoms in total. The van der Waals surface area contributed by atoms with Crippen LogP contribution in [0.1, 0.15) is 46.1 Å². The van der Waals surface area contributed by atoms with Crippen LogP contribution in [0, 0.1) is 6.92 Å². The van der Waals surface area contributed by atoms with E-state index in [1.54, 1.807) is 45.0 Å². The molecule has 1 aliphatic heterocycles. The van der Waals surface area contributed by atoms with Crippen molar-refractivity contribution in [1.82, 2.24) is 19.8 Å². The van der Waals surface area contributed by atoms with E-state index >= 15 is 0 Å². The molecule has 12 heteroatoms. The van der Waals surface area contributed by atoms with Gasteiger partial charge >= 0.3 is 18.2 Å². The number of carbonyl (C=O) groups is 3. The number of hydrogen-bond donors (Lipinski definition) is 1. The highest BCUT2D eigenvalue weighted by molar-refractivity contribution is 6.07. The van der Waals surface area contributed by atoms with Gasteiger partial charge in [-0.3, -0.25) is 4.79 Å². The molecule has 210 valence electrons. The van der Waals surface area contributed by atoms with Crippen LogP contribution in [0.25, 0.3) is 11.3 Å². The summed E-state index contributed by atoms with van der Waals surface area (Å²) in [4.78, 5) is 51.4. The van der Waals surface area contributed by atoms with E-state index < -0.39 is 35.7 Å². The molecule has 0 saturated carbocycles. The summed E-state index contributed by atoms with van der Waals surface area (Å²) in [5, 5.41) is 2.60. The van der Waals surface area contributed by atoms with Crippen LogP contribution < -0.4 is 5.32 Å². The second kappa shape index (κ2) is 11.7. The van der Waals surface area contributed by atoms with Gasteiger partial charge in [-0.1, -0.05) is 30.3 Å². The zero-order valence-electron chi connectivity index (χ0n) is 22.2. The lowest BCUT2D eigenvalue weighted by Crippen LogP contribution is -2.56. The second-order valence-corrected chi connectivity index (χ2v) is 9.23. The Kier molecular flexibility index (Phi) is 8.36. The molecular weight excluding hydrogens is 527 g/mol. The van der Waals surface area contributed by atoms with Crippen LogP contribution in [0.3, 0.4) is 0 Å². The molecule has 1 atom stereocenters. The van der Waals surface area contributed by atoms with Crippen LogP contribution in [0.5, 0.6) is 0 Å². The number of benzene rings is 2. The van der Waals surface area contributed by atoms with Crippen LogP contribution in [0.2, 0.25) is 0 Å². The number of esters is 1. The van der Waals surface area contributed by atoms with Gasteiger partial charge in [-0.2, -0.15) is 13.2 Å². The van der Waals surface area contributed by atoms with E-state index in [-0.39, 0.29) is 48.9 Å². The Morgan fingerprint density at radius 2 is 1.70 bits per heavy atom. The number of carbonyl (C=O) groups excluding carboxylic acids is 3. The summed E-state index contributed by atoms with van der Waals surface area (Å²) in [5.74, 6) is -0.912. The number of aryl methyl sites for hydroxylation is 1. The van der Waals surface area contributed by atoms with Crippen LogP contribution in [-0.4, -0.2) is 70.0 Å². The third-order valence-corrected chi connectivity index (χ3v) is 6.39. The highest BCUT2D eigenvalue weighted by Crippen LogP contribution is 2.30. The first-order valence-corrected chi connectivity index (χ1v) is 12.6. The molecular formula is C28H28F3N5O4. The highest BCUT2D eigenvalue weighted by atomic mass is 19.4. The maximum absolute atomic E-state index is 13.7. The minimum Gasteiger partial charge on any atom is -0.462 e. The van der Waals surface area contributed by atoms with Crippen LogP contribution in [0.15, 0.2) is 54.6 Å². The zero-order valence-corrected chi connectivity index (χ0v) is 22.2. The maximum Gasteiger partial charge on any atom is 0.416 e. The number of anilines is 1. The van der Waals surface area contributed by atoms with Crippen LogP contribution in [0.4, 0.5) is 23.7 Å². The molecule has 0 spiro atoms. The van der Waals surface area contributed by atoms with E-state index in [0.717, 1.165) is 12.1 Å². The number of aromatic nitrogens is 2. The lowest BCUT2D eigenvalue weighted by Gasteiger charge is -2.39. The number of hydrogen-bond acceptors (Lipinski definition) is 6. The molecule has 3 amide bonds.